The Morgan fingerprint density at radius 2 is 1.83 bits per heavy atom. The number of aliphatic imine (C=N–C) groups is 1. The Kier molecular flexibility index (Phi) is 6.38. The minimum atomic E-state index is -2.94. The van der Waals surface area contributed by atoms with Gasteiger partial charge in [0.25, 0.3) is 5.91 Å². The van der Waals surface area contributed by atoms with Gasteiger partial charge in [-0.2, -0.15) is 8.78 Å². The molecule has 0 saturated heterocycles. The lowest BCUT2D eigenvalue weighted by molar-refractivity contribution is -0.120. The van der Waals surface area contributed by atoms with Crippen molar-refractivity contribution < 1.29 is 27.8 Å². The van der Waals surface area contributed by atoms with E-state index in [2.05, 4.69) is 20.4 Å². The maximum absolute atomic E-state index is 12.4. The summed E-state index contributed by atoms with van der Waals surface area (Å²) in [6, 6.07) is 12.0. The van der Waals surface area contributed by atoms with E-state index in [1.165, 1.54) is 24.3 Å². The first-order valence-corrected chi connectivity index (χ1v) is 8.91. The molecule has 7 nitrogen and oxygen atoms in total. The van der Waals surface area contributed by atoms with Crippen LogP contribution in [0.4, 0.5) is 8.78 Å². The Bertz CT molecular complexity index is 899. The number of carbonyl (C=O) groups is 2. The molecule has 0 spiro atoms. The molecule has 0 aliphatic carbocycles. The molecule has 29 heavy (non-hydrogen) atoms. The van der Waals surface area contributed by atoms with Gasteiger partial charge in [-0.1, -0.05) is 12.1 Å². The number of carbonyl (C=O) groups excluding carboxylic acids is 2. The molecule has 1 atom stereocenters. The molecular weight excluding hydrogens is 384 g/mol. The fourth-order valence-electron chi connectivity index (χ4n) is 2.77. The van der Waals surface area contributed by atoms with E-state index >= 15 is 0 Å². The Balaban J connectivity index is 1.70. The lowest BCUT2D eigenvalue weighted by Gasteiger charge is -2.21. The standard InChI is InChI=1S/C20H19F2N3O4/c1-2-28-14-7-3-12(4-8-14)16-11-17(26)24-20(23-16)25-18(27)13-5-9-15(10-6-13)29-19(21)22/h3-10,16,19H,2,11H2,1H3,(H2,23,24,25,26,27)/t16-/m1/s1. The number of hydrogen-bond donors (Lipinski definition) is 2. The highest BCUT2D eigenvalue weighted by molar-refractivity contribution is 6.10. The summed E-state index contributed by atoms with van der Waals surface area (Å²) in [5.74, 6) is -0.142. The lowest BCUT2D eigenvalue weighted by atomic mass is 10.0. The van der Waals surface area contributed by atoms with Gasteiger partial charge < -0.3 is 9.47 Å². The van der Waals surface area contributed by atoms with Crippen LogP contribution in [0, 0.1) is 0 Å². The van der Waals surface area contributed by atoms with Crippen LogP contribution in [-0.4, -0.2) is 31.0 Å². The van der Waals surface area contributed by atoms with Crippen molar-refractivity contribution in [3.8, 4) is 11.5 Å². The molecule has 152 valence electrons. The normalized spacial score (nSPS) is 16.1. The molecule has 0 bridgehead atoms. The van der Waals surface area contributed by atoms with Crippen molar-refractivity contribution in [1.82, 2.24) is 10.6 Å². The minimum absolute atomic E-state index is 0.0260. The number of alkyl halides is 2. The first kappa shape index (κ1) is 20.2. The van der Waals surface area contributed by atoms with Crippen molar-refractivity contribution in [2.24, 2.45) is 4.99 Å². The summed E-state index contributed by atoms with van der Waals surface area (Å²) in [5.41, 5.74) is 1.01. The SMILES string of the molecule is CCOc1ccc([C@H]2CC(=O)NC(NC(=O)c3ccc(OC(F)F)cc3)=N2)cc1. The number of halogens is 2. The van der Waals surface area contributed by atoms with Gasteiger partial charge in [0.1, 0.15) is 11.5 Å². The predicted octanol–water partition coefficient (Wildman–Crippen LogP) is 3.03. The first-order valence-electron chi connectivity index (χ1n) is 8.91. The van der Waals surface area contributed by atoms with Gasteiger partial charge in [0.15, 0.2) is 0 Å². The molecular formula is C20H19F2N3O4. The number of hydrogen-bond acceptors (Lipinski definition) is 5. The summed E-state index contributed by atoms with van der Waals surface area (Å²) < 4.78 is 34.0. The topological polar surface area (TPSA) is 89.0 Å². The molecule has 1 aliphatic heterocycles. The van der Waals surface area contributed by atoms with Gasteiger partial charge in [-0.25, -0.2) is 4.99 Å². The minimum Gasteiger partial charge on any atom is -0.494 e. The average molecular weight is 403 g/mol. The molecule has 0 unspecified atom stereocenters. The molecule has 2 amide bonds. The summed E-state index contributed by atoms with van der Waals surface area (Å²) in [5, 5.41) is 5.04. The highest BCUT2D eigenvalue weighted by Gasteiger charge is 2.24. The number of nitrogens with zero attached hydrogens (tertiary/aromatic N) is 1. The van der Waals surface area contributed by atoms with Crippen molar-refractivity contribution in [3.63, 3.8) is 0 Å². The molecule has 9 heteroatoms. The fraction of sp³-hybridized carbons (Fsp3) is 0.250. The van der Waals surface area contributed by atoms with Crippen LogP contribution in [0.5, 0.6) is 11.5 Å². The van der Waals surface area contributed by atoms with E-state index < -0.39 is 18.6 Å². The molecule has 0 aromatic heterocycles. The van der Waals surface area contributed by atoms with E-state index in [9.17, 15) is 18.4 Å². The average Bonchev–Trinajstić information content (AvgIpc) is 2.68. The van der Waals surface area contributed by atoms with Crippen molar-refractivity contribution in [2.45, 2.75) is 26.0 Å². The van der Waals surface area contributed by atoms with Gasteiger partial charge in [-0.3, -0.25) is 20.2 Å². The first-order chi connectivity index (χ1) is 13.9. The van der Waals surface area contributed by atoms with Gasteiger partial charge in [0.05, 0.1) is 19.1 Å². The second kappa shape index (κ2) is 9.13. The fourth-order valence-corrected chi connectivity index (χ4v) is 2.77. The van der Waals surface area contributed by atoms with Crippen molar-refractivity contribution in [2.75, 3.05) is 6.61 Å². The Morgan fingerprint density at radius 1 is 1.17 bits per heavy atom. The summed E-state index contributed by atoms with van der Waals surface area (Å²) in [6.07, 6.45) is 0.146. The van der Waals surface area contributed by atoms with E-state index in [0.29, 0.717) is 12.4 Å². The van der Waals surface area contributed by atoms with Crippen LogP contribution in [0.2, 0.25) is 0 Å². The van der Waals surface area contributed by atoms with Crippen LogP contribution in [0.25, 0.3) is 0 Å². The molecule has 0 radical (unpaired) electrons. The highest BCUT2D eigenvalue weighted by Crippen LogP contribution is 2.25. The Morgan fingerprint density at radius 3 is 2.45 bits per heavy atom. The maximum atomic E-state index is 12.4. The highest BCUT2D eigenvalue weighted by atomic mass is 19.3. The van der Waals surface area contributed by atoms with Crippen LogP contribution in [0.3, 0.4) is 0 Å². The van der Waals surface area contributed by atoms with Crippen LogP contribution < -0.4 is 20.1 Å². The summed E-state index contributed by atoms with van der Waals surface area (Å²) >= 11 is 0. The molecule has 0 saturated carbocycles. The van der Waals surface area contributed by atoms with Gasteiger partial charge in [-0.05, 0) is 48.9 Å². The largest absolute Gasteiger partial charge is 0.494 e. The molecule has 1 aliphatic rings. The van der Waals surface area contributed by atoms with E-state index in [0.717, 1.165) is 5.56 Å². The summed E-state index contributed by atoms with van der Waals surface area (Å²) in [7, 11) is 0. The summed E-state index contributed by atoms with van der Waals surface area (Å²) in [6.45, 7) is -0.506. The van der Waals surface area contributed by atoms with Gasteiger partial charge in [0, 0.05) is 5.56 Å². The third-order valence-electron chi connectivity index (χ3n) is 4.07. The third-order valence-corrected chi connectivity index (χ3v) is 4.07. The number of ether oxygens (including phenoxy) is 2. The summed E-state index contributed by atoms with van der Waals surface area (Å²) in [4.78, 5) is 28.8. The lowest BCUT2D eigenvalue weighted by Crippen LogP contribution is -2.47. The van der Waals surface area contributed by atoms with E-state index in [-0.39, 0.29) is 29.6 Å². The van der Waals surface area contributed by atoms with E-state index in [1.54, 1.807) is 12.1 Å². The molecule has 3 rings (SSSR count). The van der Waals surface area contributed by atoms with Crippen molar-refractivity contribution in [3.05, 3.63) is 59.7 Å². The quantitative estimate of drug-likeness (QED) is 0.776. The molecule has 1 heterocycles. The Labute approximate surface area is 165 Å². The third kappa shape index (κ3) is 5.50. The van der Waals surface area contributed by atoms with Crippen LogP contribution in [0.1, 0.15) is 35.3 Å². The number of rotatable bonds is 6. The van der Waals surface area contributed by atoms with E-state index in [1.807, 2.05) is 19.1 Å². The maximum Gasteiger partial charge on any atom is 0.387 e. The molecule has 0 fully saturated rings. The van der Waals surface area contributed by atoms with Crippen molar-refractivity contribution in [1.29, 1.82) is 0 Å². The zero-order valence-corrected chi connectivity index (χ0v) is 15.5. The zero-order valence-electron chi connectivity index (χ0n) is 15.5. The zero-order chi connectivity index (χ0) is 20.8. The number of guanidine groups is 1. The number of amides is 2. The smallest absolute Gasteiger partial charge is 0.387 e. The second-order valence-corrected chi connectivity index (χ2v) is 6.10. The molecule has 2 N–H and O–H groups in total. The monoisotopic (exact) mass is 403 g/mol. The van der Waals surface area contributed by atoms with Gasteiger partial charge in [0.2, 0.25) is 11.9 Å². The Hall–Kier alpha value is -3.49. The molecule has 2 aromatic carbocycles. The van der Waals surface area contributed by atoms with Crippen LogP contribution in [0.15, 0.2) is 53.5 Å². The van der Waals surface area contributed by atoms with Gasteiger partial charge >= 0.3 is 6.61 Å². The van der Waals surface area contributed by atoms with Crippen LogP contribution in [-0.2, 0) is 4.79 Å². The number of nitrogens with one attached hydrogen (secondary N) is 2. The molecule has 2 aromatic rings. The second-order valence-electron chi connectivity index (χ2n) is 6.10. The van der Waals surface area contributed by atoms with Crippen molar-refractivity contribution >= 4 is 17.8 Å². The van der Waals surface area contributed by atoms with E-state index in [4.69, 9.17) is 4.74 Å². The number of benzene rings is 2. The predicted molar refractivity (Wildman–Crippen MR) is 101 cm³/mol. The van der Waals surface area contributed by atoms with Gasteiger partial charge in [-0.15, -0.1) is 0 Å². The van der Waals surface area contributed by atoms with Crippen LogP contribution >= 0.6 is 0 Å².